The number of rotatable bonds is 5. The van der Waals surface area contributed by atoms with Gasteiger partial charge in [-0.05, 0) is 80.5 Å². The summed E-state index contributed by atoms with van der Waals surface area (Å²) in [5.41, 5.74) is 1.32. The van der Waals surface area contributed by atoms with Crippen molar-refractivity contribution in [1.29, 1.82) is 0 Å². The van der Waals surface area contributed by atoms with Crippen LogP contribution in [0.5, 0.6) is 0 Å². The van der Waals surface area contributed by atoms with Crippen molar-refractivity contribution in [2.45, 2.75) is 95.6 Å². The van der Waals surface area contributed by atoms with Crippen molar-refractivity contribution in [2.75, 3.05) is 6.54 Å². The van der Waals surface area contributed by atoms with Crippen LogP contribution in [-0.4, -0.2) is 39.5 Å². The maximum atomic E-state index is 13.9. The van der Waals surface area contributed by atoms with Crippen LogP contribution in [0.2, 0.25) is 0 Å². The molecule has 2 unspecified atom stereocenters. The van der Waals surface area contributed by atoms with Gasteiger partial charge >= 0.3 is 6.18 Å². The second-order valence-electron chi connectivity index (χ2n) is 11.5. The highest BCUT2D eigenvalue weighted by atomic mass is 32.1. The second kappa shape index (κ2) is 9.97. The average Bonchev–Trinajstić information content (AvgIpc) is 3.56. The Morgan fingerprint density at radius 3 is 2.54 bits per heavy atom. The molecule has 3 aliphatic rings. The van der Waals surface area contributed by atoms with Gasteiger partial charge in [-0.3, -0.25) is 9.78 Å². The molecule has 0 saturated heterocycles. The van der Waals surface area contributed by atoms with E-state index in [-0.39, 0.29) is 24.4 Å². The van der Waals surface area contributed by atoms with Crippen molar-refractivity contribution in [3.8, 4) is 0 Å². The Balaban J connectivity index is 1.23. The van der Waals surface area contributed by atoms with E-state index in [4.69, 9.17) is 0 Å². The van der Waals surface area contributed by atoms with E-state index < -0.39 is 22.8 Å². The molecular weight excluding hydrogens is 499 g/mol. The van der Waals surface area contributed by atoms with Crippen LogP contribution in [-0.2, 0) is 29.5 Å². The molecule has 0 radical (unpaired) electrons. The number of aliphatic hydroxyl groups is 1. The first-order chi connectivity index (χ1) is 17.5. The van der Waals surface area contributed by atoms with Gasteiger partial charge < -0.3 is 15.3 Å². The number of fused-ring (bicyclic) bond motifs is 1. The lowest BCUT2D eigenvalue weighted by Gasteiger charge is -2.40. The van der Waals surface area contributed by atoms with E-state index in [1.807, 2.05) is 0 Å². The first kappa shape index (κ1) is 26.6. The standard InChI is InChI=1S/C28H36F3N3O2S/c1-18(2)26(25(35)34-12-8-19-3-4-21(28(29,30)31)13-20(19)16-34)9-5-23(14-26)33-22-6-10-27(36,11-7-22)24-15-32-17-37-24/h3-4,13,15,17-18,22-23,33,36H,5-12,14,16H2,1-2H3. The largest absolute Gasteiger partial charge is 0.416 e. The summed E-state index contributed by atoms with van der Waals surface area (Å²) in [4.78, 5) is 20.8. The monoisotopic (exact) mass is 535 g/mol. The van der Waals surface area contributed by atoms with E-state index in [0.29, 0.717) is 37.4 Å². The predicted molar refractivity (Wildman–Crippen MR) is 137 cm³/mol. The molecule has 2 saturated carbocycles. The Morgan fingerprint density at radius 2 is 1.89 bits per heavy atom. The van der Waals surface area contributed by atoms with Crippen molar-refractivity contribution in [1.82, 2.24) is 15.2 Å². The van der Waals surface area contributed by atoms with E-state index in [0.717, 1.165) is 48.6 Å². The highest BCUT2D eigenvalue weighted by molar-refractivity contribution is 7.09. The fourth-order valence-electron chi connectivity index (χ4n) is 6.69. The third kappa shape index (κ3) is 5.19. The minimum atomic E-state index is -4.39. The van der Waals surface area contributed by atoms with Gasteiger partial charge in [-0.2, -0.15) is 13.2 Å². The number of aromatic nitrogens is 1. The minimum absolute atomic E-state index is 0.0816. The summed E-state index contributed by atoms with van der Waals surface area (Å²) in [6.45, 7) is 4.97. The zero-order valence-electron chi connectivity index (χ0n) is 21.5. The smallest absolute Gasteiger partial charge is 0.384 e. The molecule has 5 rings (SSSR count). The van der Waals surface area contributed by atoms with Gasteiger partial charge in [0.05, 0.1) is 21.4 Å². The fraction of sp³-hybridized carbons (Fsp3) is 0.643. The highest BCUT2D eigenvalue weighted by Gasteiger charge is 2.50. The molecule has 202 valence electrons. The van der Waals surface area contributed by atoms with Crippen LogP contribution >= 0.6 is 11.3 Å². The van der Waals surface area contributed by atoms with Crippen molar-refractivity contribution in [3.63, 3.8) is 0 Å². The minimum Gasteiger partial charge on any atom is -0.384 e. The zero-order chi connectivity index (χ0) is 26.4. The SMILES string of the molecule is CC(C)C1(C(=O)N2CCc3ccc(C(F)(F)F)cc3C2)CCC(NC2CCC(O)(c3cncs3)CC2)C1. The van der Waals surface area contributed by atoms with Gasteiger partial charge in [0.2, 0.25) is 5.91 Å². The van der Waals surface area contributed by atoms with E-state index in [1.165, 1.54) is 17.4 Å². The summed E-state index contributed by atoms with van der Waals surface area (Å²) >= 11 is 1.50. The number of nitrogens with zero attached hydrogens (tertiary/aromatic N) is 2. The fourth-order valence-corrected chi connectivity index (χ4v) is 7.47. The van der Waals surface area contributed by atoms with Crippen molar-refractivity contribution >= 4 is 17.2 Å². The lowest BCUT2D eigenvalue weighted by Crippen LogP contribution is -2.49. The quantitative estimate of drug-likeness (QED) is 0.519. The number of hydrogen-bond acceptors (Lipinski definition) is 5. The van der Waals surface area contributed by atoms with Crippen LogP contribution in [0.4, 0.5) is 13.2 Å². The number of carbonyl (C=O) groups is 1. The van der Waals surface area contributed by atoms with E-state index in [1.54, 1.807) is 22.7 Å². The number of amides is 1. The number of nitrogens with one attached hydrogen (secondary N) is 1. The summed E-state index contributed by atoms with van der Waals surface area (Å²) in [6, 6.07) is 4.45. The molecule has 2 heterocycles. The summed E-state index contributed by atoms with van der Waals surface area (Å²) in [5, 5.41) is 14.8. The maximum Gasteiger partial charge on any atom is 0.416 e. The Morgan fingerprint density at radius 1 is 1.16 bits per heavy atom. The molecule has 2 N–H and O–H groups in total. The van der Waals surface area contributed by atoms with Gasteiger partial charge in [0.1, 0.15) is 5.60 Å². The molecule has 2 atom stereocenters. The summed E-state index contributed by atoms with van der Waals surface area (Å²) < 4.78 is 39.8. The predicted octanol–water partition coefficient (Wildman–Crippen LogP) is 5.66. The van der Waals surface area contributed by atoms with Crippen LogP contribution in [0, 0.1) is 11.3 Å². The maximum absolute atomic E-state index is 13.9. The van der Waals surface area contributed by atoms with Crippen LogP contribution in [0.25, 0.3) is 0 Å². The molecular formula is C28H36F3N3O2S. The van der Waals surface area contributed by atoms with Crippen molar-refractivity contribution in [3.05, 3.63) is 51.5 Å². The third-order valence-corrected chi connectivity index (χ3v) is 10.1. The lowest BCUT2D eigenvalue weighted by atomic mass is 9.73. The molecule has 1 amide bonds. The van der Waals surface area contributed by atoms with Crippen molar-refractivity contribution < 1.29 is 23.1 Å². The number of thiazole rings is 1. The molecule has 2 aromatic rings. The number of alkyl halides is 3. The van der Waals surface area contributed by atoms with Crippen molar-refractivity contribution in [2.24, 2.45) is 11.3 Å². The normalized spacial score (nSPS) is 30.5. The molecule has 1 aliphatic heterocycles. The Labute approximate surface area is 220 Å². The van der Waals surface area contributed by atoms with E-state index >= 15 is 0 Å². The summed E-state index contributed by atoms with van der Waals surface area (Å²) in [5.74, 6) is 0.218. The Hall–Kier alpha value is -1.97. The number of benzene rings is 1. The molecule has 0 spiro atoms. The van der Waals surface area contributed by atoms with E-state index in [9.17, 15) is 23.1 Å². The molecule has 2 fully saturated rings. The number of halogens is 3. The second-order valence-corrected chi connectivity index (χ2v) is 12.4. The van der Waals surface area contributed by atoms with Crippen LogP contribution in [0.3, 0.4) is 0 Å². The van der Waals surface area contributed by atoms with E-state index in [2.05, 4.69) is 24.1 Å². The first-order valence-electron chi connectivity index (χ1n) is 13.4. The summed E-state index contributed by atoms with van der Waals surface area (Å²) in [6.07, 6.45) is 3.52. The molecule has 1 aromatic carbocycles. The summed E-state index contributed by atoms with van der Waals surface area (Å²) in [7, 11) is 0. The Kier molecular flexibility index (Phi) is 7.17. The van der Waals surface area contributed by atoms with Crippen LogP contribution in [0.15, 0.2) is 29.9 Å². The molecule has 0 bridgehead atoms. The molecule has 37 heavy (non-hydrogen) atoms. The lowest BCUT2D eigenvalue weighted by molar-refractivity contribution is -0.145. The number of carbonyl (C=O) groups excluding carboxylic acids is 1. The topological polar surface area (TPSA) is 65.5 Å². The van der Waals surface area contributed by atoms with Gasteiger partial charge in [0, 0.05) is 31.4 Å². The van der Waals surface area contributed by atoms with Gasteiger partial charge in [0.15, 0.2) is 0 Å². The highest BCUT2D eigenvalue weighted by Crippen LogP contribution is 2.47. The molecule has 2 aliphatic carbocycles. The number of hydrogen-bond donors (Lipinski definition) is 2. The molecule has 1 aromatic heterocycles. The molecule has 5 nitrogen and oxygen atoms in total. The van der Waals surface area contributed by atoms with Gasteiger partial charge in [-0.25, -0.2) is 0 Å². The van der Waals surface area contributed by atoms with Crippen LogP contribution in [0.1, 0.15) is 80.4 Å². The first-order valence-corrected chi connectivity index (χ1v) is 14.2. The van der Waals surface area contributed by atoms with Crippen LogP contribution < -0.4 is 5.32 Å². The van der Waals surface area contributed by atoms with Gasteiger partial charge in [-0.15, -0.1) is 11.3 Å². The zero-order valence-corrected chi connectivity index (χ0v) is 22.3. The third-order valence-electron chi connectivity index (χ3n) is 9.09. The molecule has 9 heteroatoms. The van der Waals surface area contributed by atoms with Gasteiger partial charge in [-0.1, -0.05) is 19.9 Å². The van der Waals surface area contributed by atoms with Gasteiger partial charge in [0.25, 0.3) is 0 Å². The average molecular weight is 536 g/mol. The Bertz CT molecular complexity index is 1110.